The molecule has 2 unspecified atom stereocenters. The van der Waals surface area contributed by atoms with Gasteiger partial charge in [-0.15, -0.1) is 0 Å². The Morgan fingerprint density at radius 2 is 2.21 bits per heavy atom. The minimum absolute atomic E-state index is 0.105. The minimum atomic E-state index is -0.625. The molecule has 4 nitrogen and oxygen atoms in total. The molecule has 1 aliphatic rings. The second-order valence-corrected chi connectivity index (χ2v) is 4.96. The molecule has 1 fully saturated rings. The van der Waals surface area contributed by atoms with Crippen LogP contribution in [0.1, 0.15) is 20.3 Å². The molecule has 0 aromatic heterocycles. The lowest BCUT2D eigenvalue weighted by atomic mass is 9.79. The Morgan fingerprint density at radius 3 is 2.71 bits per heavy atom. The van der Waals surface area contributed by atoms with Crippen LogP contribution in [0.2, 0.25) is 0 Å². The molecule has 14 heavy (non-hydrogen) atoms. The molecule has 0 radical (unpaired) electrons. The monoisotopic (exact) mass is 202 g/mol. The van der Waals surface area contributed by atoms with E-state index in [9.17, 15) is 5.11 Å². The summed E-state index contributed by atoms with van der Waals surface area (Å²) in [6, 6.07) is 0.241. The zero-order chi connectivity index (χ0) is 10.8. The quantitative estimate of drug-likeness (QED) is 0.571. The van der Waals surface area contributed by atoms with Crippen LogP contribution in [0.3, 0.4) is 0 Å². The molecule has 0 aliphatic carbocycles. The Morgan fingerprint density at radius 1 is 1.57 bits per heavy atom. The van der Waals surface area contributed by atoms with Crippen molar-refractivity contribution in [3.63, 3.8) is 0 Å². The highest BCUT2D eigenvalue weighted by atomic mass is 16.3. The summed E-state index contributed by atoms with van der Waals surface area (Å²) < 4.78 is 0. The van der Waals surface area contributed by atoms with Gasteiger partial charge in [-0.1, -0.05) is 13.8 Å². The van der Waals surface area contributed by atoms with Gasteiger partial charge < -0.3 is 20.8 Å². The molecule has 0 spiro atoms. The van der Waals surface area contributed by atoms with Crippen molar-refractivity contribution in [3.8, 4) is 0 Å². The van der Waals surface area contributed by atoms with Gasteiger partial charge in [-0.05, 0) is 18.4 Å². The molecule has 0 amide bonds. The van der Waals surface area contributed by atoms with Gasteiger partial charge in [-0.3, -0.25) is 0 Å². The number of hydrogen-bond acceptors (Lipinski definition) is 4. The maximum absolute atomic E-state index is 9.32. The van der Waals surface area contributed by atoms with Gasteiger partial charge >= 0.3 is 0 Å². The third kappa shape index (κ3) is 2.92. The first kappa shape index (κ1) is 11.9. The van der Waals surface area contributed by atoms with Gasteiger partial charge in [0.1, 0.15) is 0 Å². The van der Waals surface area contributed by atoms with Gasteiger partial charge in [0.2, 0.25) is 0 Å². The van der Waals surface area contributed by atoms with E-state index >= 15 is 0 Å². The zero-order valence-corrected chi connectivity index (χ0v) is 9.11. The van der Waals surface area contributed by atoms with Gasteiger partial charge in [-0.2, -0.15) is 0 Å². The fourth-order valence-corrected chi connectivity index (χ4v) is 2.00. The predicted octanol–water partition coefficient (Wildman–Crippen LogP) is -0.601. The van der Waals surface area contributed by atoms with E-state index in [1.54, 1.807) is 0 Å². The van der Waals surface area contributed by atoms with Crippen molar-refractivity contribution >= 4 is 0 Å². The number of rotatable bonds is 3. The van der Waals surface area contributed by atoms with Crippen molar-refractivity contribution in [1.82, 2.24) is 4.90 Å². The van der Waals surface area contributed by atoms with E-state index in [1.165, 1.54) is 0 Å². The molecule has 2 atom stereocenters. The summed E-state index contributed by atoms with van der Waals surface area (Å²) in [5.41, 5.74) is 6.10. The summed E-state index contributed by atoms with van der Waals surface area (Å²) >= 11 is 0. The molecular weight excluding hydrogens is 180 g/mol. The fraction of sp³-hybridized carbons (Fsp3) is 1.00. The van der Waals surface area contributed by atoms with Crippen LogP contribution < -0.4 is 5.73 Å². The van der Waals surface area contributed by atoms with Crippen molar-refractivity contribution in [3.05, 3.63) is 0 Å². The van der Waals surface area contributed by atoms with Crippen LogP contribution in [0.4, 0.5) is 0 Å². The van der Waals surface area contributed by atoms with Crippen LogP contribution in [0, 0.1) is 5.41 Å². The second-order valence-electron chi connectivity index (χ2n) is 4.96. The standard InChI is InChI=1S/C10H22N2O2/c1-10(2)7-12(4-3-9(10)11)5-8(14)6-13/h8-9,13-14H,3-7,11H2,1-2H3. The fourth-order valence-electron chi connectivity index (χ4n) is 2.00. The smallest absolute Gasteiger partial charge is 0.0897 e. The maximum Gasteiger partial charge on any atom is 0.0897 e. The van der Waals surface area contributed by atoms with E-state index in [2.05, 4.69) is 18.7 Å². The Balaban J connectivity index is 2.43. The molecule has 1 aliphatic heterocycles. The SMILES string of the molecule is CC1(C)CN(CC(O)CO)CCC1N. The van der Waals surface area contributed by atoms with Gasteiger partial charge in [0, 0.05) is 19.1 Å². The Labute approximate surface area is 85.7 Å². The van der Waals surface area contributed by atoms with Crippen molar-refractivity contribution in [2.75, 3.05) is 26.2 Å². The molecule has 1 heterocycles. The van der Waals surface area contributed by atoms with Crippen molar-refractivity contribution in [1.29, 1.82) is 0 Å². The average Bonchev–Trinajstić information content (AvgIpc) is 2.11. The van der Waals surface area contributed by atoms with Crippen LogP contribution in [-0.2, 0) is 0 Å². The van der Waals surface area contributed by atoms with Gasteiger partial charge in [-0.25, -0.2) is 0 Å². The molecule has 0 aromatic carbocycles. The third-order valence-electron chi connectivity index (χ3n) is 3.07. The van der Waals surface area contributed by atoms with Gasteiger partial charge in [0.05, 0.1) is 12.7 Å². The van der Waals surface area contributed by atoms with E-state index in [-0.39, 0.29) is 18.1 Å². The summed E-state index contributed by atoms with van der Waals surface area (Å²) in [5.74, 6) is 0. The van der Waals surface area contributed by atoms with Crippen LogP contribution >= 0.6 is 0 Å². The average molecular weight is 202 g/mol. The molecule has 4 heteroatoms. The number of nitrogens with zero attached hydrogens (tertiary/aromatic N) is 1. The molecule has 0 bridgehead atoms. The second kappa shape index (κ2) is 4.57. The molecule has 0 saturated carbocycles. The van der Waals surface area contributed by atoms with Crippen LogP contribution in [0.5, 0.6) is 0 Å². The van der Waals surface area contributed by atoms with E-state index in [1.807, 2.05) is 0 Å². The summed E-state index contributed by atoms with van der Waals surface area (Å²) in [6.07, 6.45) is 0.339. The first-order chi connectivity index (χ1) is 6.45. The highest BCUT2D eigenvalue weighted by Gasteiger charge is 2.33. The summed E-state index contributed by atoms with van der Waals surface area (Å²) in [5, 5.41) is 18.1. The van der Waals surface area contributed by atoms with Crippen molar-refractivity contribution < 1.29 is 10.2 Å². The van der Waals surface area contributed by atoms with Crippen LogP contribution in [-0.4, -0.2) is 53.5 Å². The lowest BCUT2D eigenvalue weighted by molar-refractivity contribution is 0.0239. The highest BCUT2D eigenvalue weighted by Crippen LogP contribution is 2.27. The van der Waals surface area contributed by atoms with Crippen molar-refractivity contribution in [2.45, 2.75) is 32.4 Å². The molecule has 1 saturated heterocycles. The number of likely N-dealkylation sites (tertiary alicyclic amines) is 1. The lowest BCUT2D eigenvalue weighted by Crippen LogP contribution is -2.53. The van der Waals surface area contributed by atoms with Gasteiger partial charge in [0.25, 0.3) is 0 Å². The molecule has 0 aromatic rings. The van der Waals surface area contributed by atoms with Gasteiger partial charge in [0.15, 0.2) is 0 Å². The Kier molecular flexibility index (Phi) is 3.89. The maximum atomic E-state index is 9.32. The largest absolute Gasteiger partial charge is 0.394 e. The predicted molar refractivity (Wildman–Crippen MR) is 55.9 cm³/mol. The number of aliphatic hydroxyl groups excluding tert-OH is 2. The van der Waals surface area contributed by atoms with Crippen LogP contribution in [0.15, 0.2) is 0 Å². The zero-order valence-electron chi connectivity index (χ0n) is 9.11. The third-order valence-corrected chi connectivity index (χ3v) is 3.07. The van der Waals surface area contributed by atoms with Crippen molar-refractivity contribution in [2.24, 2.45) is 11.1 Å². The molecule has 84 valence electrons. The first-order valence-electron chi connectivity index (χ1n) is 5.22. The van der Waals surface area contributed by atoms with E-state index in [0.29, 0.717) is 6.54 Å². The van der Waals surface area contributed by atoms with E-state index in [4.69, 9.17) is 10.8 Å². The molecule has 4 N–H and O–H groups in total. The Bertz CT molecular complexity index is 185. The summed E-state index contributed by atoms with van der Waals surface area (Å²) in [7, 11) is 0. The van der Waals surface area contributed by atoms with E-state index < -0.39 is 6.10 Å². The van der Waals surface area contributed by atoms with E-state index in [0.717, 1.165) is 19.5 Å². The number of piperidine rings is 1. The lowest BCUT2D eigenvalue weighted by Gasteiger charge is -2.43. The summed E-state index contributed by atoms with van der Waals surface area (Å²) in [6.45, 7) is 6.49. The van der Waals surface area contributed by atoms with Crippen LogP contribution in [0.25, 0.3) is 0 Å². The molecular formula is C10H22N2O2. The minimum Gasteiger partial charge on any atom is -0.394 e. The number of β-amino-alcohol motifs (C(OH)–C–C–N with tert-alkyl or cyclic N) is 1. The number of hydrogen-bond donors (Lipinski definition) is 3. The summed E-state index contributed by atoms with van der Waals surface area (Å²) in [4.78, 5) is 2.17. The first-order valence-corrected chi connectivity index (χ1v) is 5.22. The number of nitrogens with two attached hydrogens (primary N) is 1. The molecule has 1 rings (SSSR count). The highest BCUT2D eigenvalue weighted by molar-refractivity contribution is 4.90. The topological polar surface area (TPSA) is 69.7 Å². The number of aliphatic hydroxyl groups is 2. The Hall–Kier alpha value is -0.160. The normalized spacial score (nSPS) is 30.2.